The van der Waals surface area contributed by atoms with Crippen LogP contribution in [0, 0.1) is 0 Å². The molecule has 0 spiro atoms. The van der Waals surface area contributed by atoms with E-state index in [9.17, 15) is 9.59 Å². The monoisotopic (exact) mass is 236 g/mol. The summed E-state index contributed by atoms with van der Waals surface area (Å²) in [5.74, 6) is -0.751. The zero-order valence-electron chi connectivity index (χ0n) is 10.2. The molecule has 0 N–H and O–H groups in total. The van der Waals surface area contributed by atoms with Gasteiger partial charge in [0.2, 0.25) is 0 Å². The van der Waals surface area contributed by atoms with Crippen LogP contribution in [0.15, 0.2) is 0 Å². The Morgan fingerprint density at radius 2 is 1.13 bits per heavy atom. The molecule has 4 nitrogen and oxygen atoms in total. The third-order valence-electron chi connectivity index (χ3n) is 2.84. The molecule has 0 aromatic rings. The van der Waals surface area contributed by atoms with Gasteiger partial charge in [-0.05, 0) is 0 Å². The quantitative estimate of drug-likeness (QED) is 0.688. The minimum atomic E-state index is -3.07. The summed E-state index contributed by atoms with van der Waals surface area (Å²) in [6.07, 6.45) is 1.74. The number of hydrogen-bond acceptors (Lipinski definition) is 4. The van der Waals surface area contributed by atoms with E-state index in [0.717, 1.165) is 0 Å². The first-order chi connectivity index (χ1) is 6.83. The van der Waals surface area contributed by atoms with Gasteiger partial charge in [0.15, 0.2) is 0 Å². The molecule has 0 aliphatic heterocycles. The molecule has 0 aliphatic rings. The summed E-state index contributed by atoms with van der Waals surface area (Å²) < 4.78 is 10.9. The Morgan fingerprint density at radius 3 is 1.27 bits per heavy atom. The molecule has 15 heavy (non-hydrogen) atoms. The van der Waals surface area contributed by atoms with E-state index in [1.54, 1.807) is 0 Å². The fourth-order valence-electron chi connectivity index (χ4n) is 1.73. The standard InChI is InChI=1S/C10H21O4P/c1-6-15(7-2,8-3,13-9(4)11)14-10(5)12/h6-8H2,1-5H3. The van der Waals surface area contributed by atoms with E-state index in [-0.39, 0.29) is 11.9 Å². The molecule has 90 valence electrons. The normalized spacial score (nSPS) is 13.8. The van der Waals surface area contributed by atoms with Crippen LogP contribution in [0.25, 0.3) is 0 Å². The van der Waals surface area contributed by atoms with Crippen LogP contribution in [0.2, 0.25) is 0 Å². The van der Waals surface area contributed by atoms with Crippen molar-refractivity contribution < 1.29 is 18.6 Å². The van der Waals surface area contributed by atoms with Gasteiger partial charge in [-0.25, -0.2) is 0 Å². The van der Waals surface area contributed by atoms with Crippen LogP contribution in [0.4, 0.5) is 0 Å². The van der Waals surface area contributed by atoms with Crippen LogP contribution in [0.3, 0.4) is 0 Å². The molecule has 0 saturated heterocycles. The second-order valence-corrected chi connectivity index (χ2v) is 8.94. The van der Waals surface area contributed by atoms with Crippen LogP contribution in [0.1, 0.15) is 34.6 Å². The van der Waals surface area contributed by atoms with Crippen molar-refractivity contribution in [1.29, 1.82) is 0 Å². The van der Waals surface area contributed by atoms with Crippen LogP contribution >= 0.6 is 7.06 Å². The molecule has 0 atom stereocenters. The number of rotatable bonds is 5. The summed E-state index contributed by atoms with van der Waals surface area (Å²) in [7, 11) is -3.07. The molecule has 0 aromatic carbocycles. The van der Waals surface area contributed by atoms with Gasteiger partial charge in [-0.1, -0.05) is 0 Å². The van der Waals surface area contributed by atoms with Gasteiger partial charge in [0, 0.05) is 0 Å². The third-order valence-corrected chi connectivity index (χ3v) is 8.51. The van der Waals surface area contributed by atoms with Crippen molar-refractivity contribution in [2.24, 2.45) is 0 Å². The molecule has 0 amide bonds. The summed E-state index contributed by atoms with van der Waals surface area (Å²) in [6, 6.07) is 0. The van der Waals surface area contributed by atoms with Gasteiger partial charge in [0.05, 0.1) is 0 Å². The maximum atomic E-state index is 11.1. The SMILES string of the molecule is CCP(CC)(CC)(OC(C)=O)OC(C)=O. The predicted molar refractivity (Wildman–Crippen MR) is 62.1 cm³/mol. The Hall–Kier alpha value is -0.630. The van der Waals surface area contributed by atoms with Crippen molar-refractivity contribution >= 4 is 19.0 Å². The first-order valence-electron chi connectivity index (χ1n) is 5.25. The molecule has 0 heterocycles. The molecule has 0 unspecified atom stereocenters. The first kappa shape index (κ1) is 14.4. The van der Waals surface area contributed by atoms with Crippen LogP contribution in [0.5, 0.6) is 0 Å². The van der Waals surface area contributed by atoms with Gasteiger partial charge in [-0.15, -0.1) is 0 Å². The van der Waals surface area contributed by atoms with Gasteiger partial charge in [-0.3, -0.25) is 0 Å². The molecule has 0 radical (unpaired) electrons. The molecule has 0 bridgehead atoms. The third kappa shape index (κ3) is 3.16. The van der Waals surface area contributed by atoms with Crippen molar-refractivity contribution in [1.82, 2.24) is 0 Å². The number of carbonyl (C=O) groups excluding carboxylic acids is 2. The first-order valence-corrected chi connectivity index (χ1v) is 7.88. The summed E-state index contributed by atoms with van der Waals surface area (Å²) >= 11 is 0. The fourth-order valence-corrected chi connectivity index (χ4v) is 5.18. The van der Waals surface area contributed by atoms with Crippen molar-refractivity contribution in [3.8, 4) is 0 Å². The van der Waals surface area contributed by atoms with Crippen molar-refractivity contribution in [3.05, 3.63) is 0 Å². The second kappa shape index (κ2) is 4.93. The zero-order valence-corrected chi connectivity index (χ0v) is 11.1. The second-order valence-electron chi connectivity index (χ2n) is 3.63. The van der Waals surface area contributed by atoms with E-state index in [1.165, 1.54) is 13.8 Å². The van der Waals surface area contributed by atoms with E-state index in [1.807, 2.05) is 20.8 Å². The fraction of sp³-hybridized carbons (Fsp3) is 0.800. The zero-order chi connectivity index (χ0) is 12.1. The van der Waals surface area contributed by atoms with Crippen LogP contribution in [-0.2, 0) is 18.6 Å². The van der Waals surface area contributed by atoms with Crippen molar-refractivity contribution in [3.63, 3.8) is 0 Å². The maximum absolute atomic E-state index is 11.1. The van der Waals surface area contributed by atoms with Gasteiger partial charge >= 0.3 is 90.7 Å². The van der Waals surface area contributed by atoms with E-state index in [2.05, 4.69) is 0 Å². The van der Waals surface area contributed by atoms with Crippen LogP contribution in [-0.4, -0.2) is 30.4 Å². The molecular formula is C10H21O4P. The van der Waals surface area contributed by atoms with E-state index < -0.39 is 7.06 Å². The van der Waals surface area contributed by atoms with E-state index in [4.69, 9.17) is 9.05 Å². The Balaban J connectivity index is 5.24. The average molecular weight is 236 g/mol. The van der Waals surface area contributed by atoms with Gasteiger partial charge in [-0.2, -0.15) is 0 Å². The molecule has 0 aliphatic carbocycles. The summed E-state index contributed by atoms with van der Waals surface area (Å²) in [5, 5.41) is 0. The van der Waals surface area contributed by atoms with Gasteiger partial charge < -0.3 is 0 Å². The minimum absolute atomic E-state index is 0.375. The topological polar surface area (TPSA) is 52.6 Å². The number of carbonyl (C=O) groups is 2. The summed E-state index contributed by atoms with van der Waals surface area (Å²) in [6.45, 7) is 8.40. The molecule has 0 saturated carbocycles. The molecule has 5 heteroatoms. The Morgan fingerprint density at radius 1 is 0.867 bits per heavy atom. The summed E-state index contributed by atoms with van der Waals surface area (Å²) in [5.41, 5.74) is 0. The molecule has 0 fully saturated rings. The van der Waals surface area contributed by atoms with Crippen LogP contribution < -0.4 is 0 Å². The van der Waals surface area contributed by atoms with E-state index >= 15 is 0 Å². The Bertz CT molecular complexity index is 227. The Kier molecular flexibility index (Phi) is 4.72. The van der Waals surface area contributed by atoms with Crippen molar-refractivity contribution in [2.75, 3.05) is 18.5 Å². The van der Waals surface area contributed by atoms with Gasteiger partial charge in [0.1, 0.15) is 0 Å². The Labute approximate surface area is 91.4 Å². The predicted octanol–water partition coefficient (Wildman–Crippen LogP) is 2.56. The summed E-state index contributed by atoms with van der Waals surface area (Å²) in [4.78, 5) is 22.3. The molecule has 0 aromatic heterocycles. The number of hydrogen-bond donors (Lipinski definition) is 0. The average Bonchev–Trinajstić information content (AvgIpc) is 2.16. The van der Waals surface area contributed by atoms with E-state index in [0.29, 0.717) is 18.5 Å². The molecule has 0 rings (SSSR count). The molecular weight excluding hydrogens is 215 g/mol. The van der Waals surface area contributed by atoms with Crippen molar-refractivity contribution in [2.45, 2.75) is 34.6 Å². The van der Waals surface area contributed by atoms with Gasteiger partial charge in [0.25, 0.3) is 0 Å².